The summed E-state index contributed by atoms with van der Waals surface area (Å²) < 4.78 is 34.1. The number of aliphatic hydroxyl groups excluding tert-OH is 1. The predicted octanol–water partition coefficient (Wildman–Crippen LogP) is 10.4. The maximum atomic E-state index is 12.6. The number of unbranched alkanes of at least 4 members (excludes halogenated alkanes) is 10. The third-order valence-corrected chi connectivity index (χ3v) is 9.33. The molecule has 0 rings (SSSR count). The summed E-state index contributed by atoms with van der Waals surface area (Å²) in [5.41, 5.74) is 0. The quantitative estimate of drug-likeness (QED) is 0.0159. The molecule has 0 heterocycles. The maximum absolute atomic E-state index is 12.6. The van der Waals surface area contributed by atoms with Gasteiger partial charge in [-0.15, -0.1) is 0 Å². The number of rotatable bonds is 36. The summed E-state index contributed by atoms with van der Waals surface area (Å²) in [7, 11) is 1.40. The first-order valence-electron chi connectivity index (χ1n) is 20.8. The number of phosphoric acid groups is 1. The van der Waals surface area contributed by atoms with Crippen LogP contribution >= 0.6 is 7.82 Å². The van der Waals surface area contributed by atoms with Gasteiger partial charge in [-0.25, -0.2) is 4.57 Å². The number of aliphatic hydroxyl groups is 1. The van der Waals surface area contributed by atoms with Crippen LogP contribution in [0.2, 0.25) is 0 Å². The second-order valence-corrected chi connectivity index (χ2v) is 16.3. The molecular weight excluding hydrogens is 717 g/mol. The maximum Gasteiger partial charge on any atom is 0.472 e. The van der Waals surface area contributed by atoms with E-state index in [1.165, 1.54) is 51.4 Å². The largest absolute Gasteiger partial charge is 0.472 e. The first kappa shape index (κ1) is 52.4. The Morgan fingerprint density at radius 3 is 1.85 bits per heavy atom. The lowest BCUT2D eigenvalue weighted by Crippen LogP contribution is -2.37. The van der Waals surface area contributed by atoms with Gasteiger partial charge in [-0.05, 0) is 44.9 Å². The summed E-state index contributed by atoms with van der Waals surface area (Å²) >= 11 is 0. The SMILES string of the molecule is CC/C=C\CC(O)/C=C/C=C/C/C=C\C/C=C\C/C=C\CCC(=O)O[C@H](COC(=O)CCCCCCCCCCCCC)COP(=O)(O)OCC[N+](C)(C)C. The number of nitrogens with zero attached hydrogens (tertiary/aromatic N) is 1. The number of allylic oxidation sites excluding steroid dienone is 10. The lowest BCUT2D eigenvalue weighted by Gasteiger charge is -2.24. The number of esters is 2. The van der Waals surface area contributed by atoms with Crippen LogP contribution in [-0.4, -0.2) is 86.1 Å². The Morgan fingerprint density at radius 2 is 1.25 bits per heavy atom. The van der Waals surface area contributed by atoms with E-state index in [1.54, 1.807) is 6.08 Å². The number of phosphoric ester groups is 1. The van der Waals surface area contributed by atoms with Gasteiger partial charge >= 0.3 is 19.8 Å². The van der Waals surface area contributed by atoms with E-state index in [2.05, 4.69) is 38.2 Å². The van der Waals surface area contributed by atoms with Gasteiger partial charge in [0, 0.05) is 12.8 Å². The van der Waals surface area contributed by atoms with Crippen molar-refractivity contribution in [3.63, 3.8) is 0 Å². The van der Waals surface area contributed by atoms with Crippen LogP contribution < -0.4 is 0 Å². The van der Waals surface area contributed by atoms with Crippen molar-refractivity contribution in [1.82, 2.24) is 0 Å². The van der Waals surface area contributed by atoms with Crippen LogP contribution in [0.4, 0.5) is 0 Å². The molecule has 11 heteroatoms. The molecule has 3 atom stereocenters. The third-order valence-electron chi connectivity index (χ3n) is 8.34. The molecule has 0 fully saturated rings. The molecule has 2 N–H and O–H groups in total. The highest BCUT2D eigenvalue weighted by molar-refractivity contribution is 7.47. The Balaban J connectivity index is 4.57. The Kier molecular flexibility index (Phi) is 34.1. The molecule has 0 amide bonds. The molecule has 0 aliphatic rings. The second-order valence-electron chi connectivity index (χ2n) is 14.8. The van der Waals surface area contributed by atoms with Gasteiger partial charge in [0.05, 0.1) is 33.9 Å². The van der Waals surface area contributed by atoms with Crippen LogP contribution in [0.1, 0.15) is 136 Å². The number of quaternary nitrogens is 1. The third kappa shape index (κ3) is 39.4. The molecule has 0 bridgehead atoms. The number of hydrogen-bond acceptors (Lipinski definition) is 8. The molecule has 316 valence electrons. The number of likely N-dealkylation sites (N-methyl/N-ethyl adjacent to an activating group) is 1. The van der Waals surface area contributed by atoms with E-state index in [0.717, 1.165) is 44.9 Å². The van der Waals surface area contributed by atoms with Crippen molar-refractivity contribution < 1.29 is 47.2 Å². The van der Waals surface area contributed by atoms with Gasteiger partial charge in [-0.1, -0.05) is 151 Å². The fourth-order valence-corrected chi connectivity index (χ4v) is 5.81. The standard InChI is InChI=1S/C44H76NO9P/c1-6-8-10-11-12-13-17-21-24-27-31-35-43(47)51-39-42(40-53-55(49,50)52-38-37-45(3,4)5)54-44(48)36-32-28-25-22-19-16-14-15-18-20-23-26-30-34-41(46)33-29-9-7-2/h9,15-16,18-19,23,25-26,28-30,34,41-42,46H,6-8,10-14,17,20-22,24,27,31-33,35-40H2,1-5H3/p+1/b18-15-,19-16-,26-23+,28-25-,29-9-,34-30+/t41?,42-/m1/s1. The Hall–Kier alpha value is -2.59. The van der Waals surface area contributed by atoms with E-state index in [-0.39, 0.29) is 26.1 Å². The Bertz CT molecular complexity index is 1190. The van der Waals surface area contributed by atoms with Gasteiger partial charge in [0.15, 0.2) is 6.10 Å². The van der Waals surface area contributed by atoms with Gasteiger partial charge in [-0.3, -0.25) is 18.6 Å². The minimum absolute atomic E-state index is 0.00843. The summed E-state index contributed by atoms with van der Waals surface area (Å²) in [6, 6.07) is 0. The van der Waals surface area contributed by atoms with Gasteiger partial charge in [0.2, 0.25) is 0 Å². The Morgan fingerprint density at radius 1 is 0.673 bits per heavy atom. The molecule has 0 aromatic carbocycles. The van der Waals surface area contributed by atoms with E-state index >= 15 is 0 Å². The molecule has 0 radical (unpaired) electrons. The molecule has 0 saturated carbocycles. The van der Waals surface area contributed by atoms with Crippen molar-refractivity contribution in [3.8, 4) is 0 Å². The number of carbonyl (C=O) groups is 2. The van der Waals surface area contributed by atoms with Crippen molar-refractivity contribution in [2.45, 2.75) is 148 Å². The molecule has 0 saturated heterocycles. The monoisotopic (exact) mass is 795 g/mol. The lowest BCUT2D eigenvalue weighted by atomic mass is 10.1. The van der Waals surface area contributed by atoms with Crippen molar-refractivity contribution in [2.75, 3.05) is 47.5 Å². The zero-order chi connectivity index (χ0) is 40.9. The highest BCUT2D eigenvalue weighted by Gasteiger charge is 2.27. The summed E-state index contributed by atoms with van der Waals surface area (Å²) in [6.45, 7) is 4.08. The summed E-state index contributed by atoms with van der Waals surface area (Å²) in [4.78, 5) is 35.2. The van der Waals surface area contributed by atoms with E-state index in [4.69, 9.17) is 18.5 Å². The Labute approximate surface area is 334 Å². The van der Waals surface area contributed by atoms with Gasteiger partial charge < -0.3 is 24.0 Å². The van der Waals surface area contributed by atoms with E-state index < -0.39 is 38.6 Å². The van der Waals surface area contributed by atoms with E-state index in [9.17, 15) is 24.2 Å². The van der Waals surface area contributed by atoms with Crippen LogP contribution in [-0.2, 0) is 32.7 Å². The smallest absolute Gasteiger partial charge is 0.462 e. The van der Waals surface area contributed by atoms with Crippen molar-refractivity contribution >= 4 is 19.8 Å². The summed E-state index contributed by atoms with van der Waals surface area (Å²) in [5, 5.41) is 9.84. The molecule has 0 aliphatic carbocycles. The van der Waals surface area contributed by atoms with Crippen LogP contribution in [0.25, 0.3) is 0 Å². The fourth-order valence-electron chi connectivity index (χ4n) is 5.06. The van der Waals surface area contributed by atoms with Gasteiger partial charge in [0.1, 0.15) is 19.8 Å². The molecule has 2 unspecified atom stereocenters. The van der Waals surface area contributed by atoms with Crippen LogP contribution in [0.3, 0.4) is 0 Å². The van der Waals surface area contributed by atoms with Crippen molar-refractivity contribution in [2.24, 2.45) is 0 Å². The highest BCUT2D eigenvalue weighted by atomic mass is 31.2. The van der Waals surface area contributed by atoms with Gasteiger partial charge in [0.25, 0.3) is 0 Å². The average molecular weight is 795 g/mol. The first-order valence-corrected chi connectivity index (χ1v) is 22.3. The molecule has 10 nitrogen and oxygen atoms in total. The highest BCUT2D eigenvalue weighted by Crippen LogP contribution is 2.43. The van der Waals surface area contributed by atoms with E-state index in [0.29, 0.717) is 23.9 Å². The first-order chi connectivity index (χ1) is 26.4. The van der Waals surface area contributed by atoms with Crippen molar-refractivity contribution in [1.29, 1.82) is 0 Å². The van der Waals surface area contributed by atoms with Crippen LogP contribution in [0.15, 0.2) is 72.9 Å². The number of ether oxygens (including phenoxy) is 2. The average Bonchev–Trinajstić information content (AvgIpc) is 3.12. The zero-order valence-corrected chi connectivity index (χ0v) is 35.9. The number of hydrogen-bond donors (Lipinski definition) is 2. The summed E-state index contributed by atoms with van der Waals surface area (Å²) in [5.74, 6) is -0.925. The molecule has 0 aliphatic heterocycles. The second kappa shape index (κ2) is 35.8. The predicted molar refractivity (Wildman–Crippen MR) is 225 cm³/mol. The van der Waals surface area contributed by atoms with Gasteiger partial charge in [-0.2, -0.15) is 0 Å². The fraction of sp³-hybridized carbons (Fsp3) is 0.682. The van der Waals surface area contributed by atoms with Crippen LogP contribution in [0, 0.1) is 0 Å². The molecular formula is C44H77NO9P+. The van der Waals surface area contributed by atoms with Crippen molar-refractivity contribution in [3.05, 3.63) is 72.9 Å². The summed E-state index contributed by atoms with van der Waals surface area (Å²) in [6.07, 6.45) is 40.1. The molecule has 0 aromatic heterocycles. The topological polar surface area (TPSA) is 129 Å². The zero-order valence-electron chi connectivity index (χ0n) is 35.0. The lowest BCUT2D eigenvalue weighted by molar-refractivity contribution is -0.870. The minimum atomic E-state index is -4.40. The molecule has 0 spiro atoms. The van der Waals surface area contributed by atoms with E-state index in [1.807, 2.05) is 63.7 Å². The normalized spacial score (nSPS) is 15.0. The molecule has 55 heavy (non-hydrogen) atoms. The minimum Gasteiger partial charge on any atom is -0.462 e. The number of carbonyl (C=O) groups excluding carboxylic acids is 2. The van der Waals surface area contributed by atoms with Crippen LogP contribution in [0.5, 0.6) is 0 Å². The molecule has 0 aromatic rings.